The van der Waals surface area contributed by atoms with Gasteiger partial charge in [0.25, 0.3) is 0 Å². The van der Waals surface area contributed by atoms with E-state index in [9.17, 15) is 4.79 Å². The molecular formula is C13H23NO3. The molecule has 1 heterocycles. The second-order valence-corrected chi connectivity index (χ2v) is 5.51. The standard InChI is InChI=1S/C13H23NO3/c1-10-3-2-4-11(7-10)14-5-6-17-12(9-14)8-13(15)16/h10-12H,2-9H2,1H3,(H,15,16). The number of carbonyl (C=O) groups is 1. The van der Waals surface area contributed by atoms with Crippen LogP contribution < -0.4 is 0 Å². The number of morpholine rings is 1. The van der Waals surface area contributed by atoms with E-state index in [1.807, 2.05) is 0 Å². The van der Waals surface area contributed by atoms with Crippen LogP contribution in [0.5, 0.6) is 0 Å². The summed E-state index contributed by atoms with van der Waals surface area (Å²) in [5, 5.41) is 8.81. The Bertz CT molecular complexity index is 269. The highest BCUT2D eigenvalue weighted by molar-refractivity contribution is 5.67. The average Bonchev–Trinajstić information content (AvgIpc) is 2.28. The first kappa shape index (κ1) is 12.8. The van der Waals surface area contributed by atoms with E-state index < -0.39 is 5.97 Å². The molecule has 4 heteroatoms. The molecule has 3 unspecified atom stereocenters. The summed E-state index contributed by atoms with van der Waals surface area (Å²) in [4.78, 5) is 13.2. The molecule has 0 amide bonds. The number of hydrogen-bond acceptors (Lipinski definition) is 3. The molecule has 98 valence electrons. The normalized spacial score (nSPS) is 35.7. The van der Waals surface area contributed by atoms with E-state index in [1.165, 1.54) is 25.7 Å². The van der Waals surface area contributed by atoms with Crippen LogP contribution in [0.3, 0.4) is 0 Å². The fourth-order valence-corrected chi connectivity index (χ4v) is 3.13. The minimum atomic E-state index is -0.756. The fraction of sp³-hybridized carbons (Fsp3) is 0.923. The SMILES string of the molecule is CC1CCCC(N2CCOC(CC(=O)O)C2)C1. The molecule has 0 bridgehead atoms. The minimum absolute atomic E-state index is 0.113. The lowest BCUT2D eigenvalue weighted by Gasteiger charge is -2.41. The molecule has 0 radical (unpaired) electrons. The van der Waals surface area contributed by atoms with Gasteiger partial charge in [-0.2, -0.15) is 0 Å². The van der Waals surface area contributed by atoms with Gasteiger partial charge in [0.15, 0.2) is 0 Å². The van der Waals surface area contributed by atoms with Gasteiger partial charge in [0.1, 0.15) is 0 Å². The van der Waals surface area contributed by atoms with Crippen molar-refractivity contribution in [3.05, 3.63) is 0 Å². The molecule has 1 N–H and O–H groups in total. The second kappa shape index (κ2) is 5.83. The highest BCUT2D eigenvalue weighted by atomic mass is 16.5. The van der Waals surface area contributed by atoms with Gasteiger partial charge in [-0.3, -0.25) is 9.69 Å². The van der Waals surface area contributed by atoms with Crippen LogP contribution in [0.25, 0.3) is 0 Å². The Balaban J connectivity index is 1.85. The Hall–Kier alpha value is -0.610. The van der Waals surface area contributed by atoms with Crippen molar-refractivity contribution in [3.63, 3.8) is 0 Å². The van der Waals surface area contributed by atoms with E-state index in [1.54, 1.807) is 0 Å². The number of hydrogen-bond donors (Lipinski definition) is 1. The predicted molar refractivity (Wildman–Crippen MR) is 65.0 cm³/mol. The van der Waals surface area contributed by atoms with Crippen molar-refractivity contribution in [3.8, 4) is 0 Å². The fourth-order valence-electron chi connectivity index (χ4n) is 3.13. The Labute approximate surface area is 103 Å². The number of carboxylic acids is 1. The maximum absolute atomic E-state index is 10.7. The van der Waals surface area contributed by atoms with E-state index in [-0.39, 0.29) is 12.5 Å². The lowest BCUT2D eigenvalue weighted by molar-refractivity contribution is -0.142. The topological polar surface area (TPSA) is 49.8 Å². The molecule has 0 aromatic heterocycles. The van der Waals surface area contributed by atoms with Crippen LogP contribution in [0.15, 0.2) is 0 Å². The van der Waals surface area contributed by atoms with Gasteiger partial charge in [-0.25, -0.2) is 0 Å². The summed E-state index contributed by atoms with van der Waals surface area (Å²) in [5.41, 5.74) is 0. The molecule has 3 atom stereocenters. The summed E-state index contributed by atoms with van der Waals surface area (Å²) >= 11 is 0. The molecule has 0 aromatic rings. The quantitative estimate of drug-likeness (QED) is 0.817. The second-order valence-electron chi connectivity index (χ2n) is 5.51. The lowest BCUT2D eigenvalue weighted by Crippen LogP contribution is -2.49. The van der Waals surface area contributed by atoms with Crippen molar-refractivity contribution < 1.29 is 14.6 Å². The van der Waals surface area contributed by atoms with Crippen LogP contribution in [0.4, 0.5) is 0 Å². The third kappa shape index (κ3) is 3.68. The van der Waals surface area contributed by atoms with E-state index in [0.717, 1.165) is 19.0 Å². The molecule has 1 saturated carbocycles. The van der Waals surface area contributed by atoms with Gasteiger partial charge in [0.05, 0.1) is 19.1 Å². The van der Waals surface area contributed by atoms with E-state index in [2.05, 4.69) is 11.8 Å². The summed E-state index contributed by atoms with van der Waals surface area (Å²) in [5.74, 6) is 0.0587. The van der Waals surface area contributed by atoms with Gasteiger partial charge >= 0.3 is 5.97 Å². The predicted octanol–water partition coefficient (Wildman–Crippen LogP) is 1.74. The number of rotatable bonds is 3. The Morgan fingerprint density at radius 1 is 1.47 bits per heavy atom. The molecule has 1 saturated heterocycles. The molecule has 2 aliphatic rings. The number of nitrogens with zero attached hydrogens (tertiary/aromatic N) is 1. The van der Waals surface area contributed by atoms with Crippen molar-refractivity contribution in [2.45, 2.75) is 51.2 Å². The maximum atomic E-state index is 10.7. The summed E-state index contributed by atoms with van der Waals surface area (Å²) in [6, 6.07) is 0.652. The summed E-state index contributed by atoms with van der Waals surface area (Å²) in [7, 11) is 0. The summed E-state index contributed by atoms with van der Waals surface area (Å²) in [6.07, 6.45) is 5.22. The molecule has 1 aliphatic heterocycles. The highest BCUT2D eigenvalue weighted by Crippen LogP contribution is 2.28. The molecular weight excluding hydrogens is 218 g/mol. The number of ether oxygens (including phenoxy) is 1. The monoisotopic (exact) mass is 241 g/mol. The molecule has 0 spiro atoms. The summed E-state index contributed by atoms with van der Waals surface area (Å²) in [6.45, 7) is 4.77. The van der Waals surface area contributed by atoms with Gasteiger partial charge < -0.3 is 9.84 Å². The van der Waals surface area contributed by atoms with Crippen molar-refractivity contribution in [2.75, 3.05) is 19.7 Å². The maximum Gasteiger partial charge on any atom is 0.306 e. The Morgan fingerprint density at radius 3 is 3.00 bits per heavy atom. The van der Waals surface area contributed by atoms with Crippen LogP contribution in [0.1, 0.15) is 39.0 Å². The van der Waals surface area contributed by atoms with Crippen LogP contribution in [0.2, 0.25) is 0 Å². The van der Waals surface area contributed by atoms with E-state index in [4.69, 9.17) is 9.84 Å². The molecule has 2 rings (SSSR count). The van der Waals surface area contributed by atoms with E-state index in [0.29, 0.717) is 12.6 Å². The summed E-state index contributed by atoms with van der Waals surface area (Å²) < 4.78 is 5.51. The zero-order valence-electron chi connectivity index (χ0n) is 10.6. The third-order valence-electron chi connectivity index (χ3n) is 4.00. The Morgan fingerprint density at radius 2 is 2.29 bits per heavy atom. The van der Waals surface area contributed by atoms with E-state index >= 15 is 0 Å². The molecule has 1 aliphatic carbocycles. The molecule has 17 heavy (non-hydrogen) atoms. The highest BCUT2D eigenvalue weighted by Gasteiger charge is 2.30. The van der Waals surface area contributed by atoms with Crippen LogP contribution in [0, 0.1) is 5.92 Å². The van der Waals surface area contributed by atoms with Gasteiger partial charge in [0, 0.05) is 19.1 Å². The van der Waals surface area contributed by atoms with Crippen LogP contribution >= 0.6 is 0 Å². The minimum Gasteiger partial charge on any atom is -0.481 e. The average molecular weight is 241 g/mol. The lowest BCUT2D eigenvalue weighted by atomic mass is 9.86. The van der Waals surface area contributed by atoms with Gasteiger partial charge in [-0.05, 0) is 18.8 Å². The zero-order chi connectivity index (χ0) is 12.3. The first-order chi connectivity index (χ1) is 8.15. The van der Waals surface area contributed by atoms with Crippen molar-refractivity contribution in [2.24, 2.45) is 5.92 Å². The van der Waals surface area contributed by atoms with Crippen molar-refractivity contribution in [1.82, 2.24) is 4.90 Å². The van der Waals surface area contributed by atoms with Crippen molar-refractivity contribution >= 4 is 5.97 Å². The first-order valence-electron chi connectivity index (χ1n) is 6.72. The van der Waals surface area contributed by atoms with Crippen LogP contribution in [-0.2, 0) is 9.53 Å². The smallest absolute Gasteiger partial charge is 0.306 e. The van der Waals surface area contributed by atoms with Crippen LogP contribution in [-0.4, -0.2) is 47.8 Å². The van der Waals surface area contributed by atoms with Gasteiger partial charge in [-0.1, -0.05) is 19.8 Å². The number of aliphatic carboxylic acids is 1. The third-order valence-corrected chi connectivity index (χ3v) is 4.00. The van der Waals surface area contributed by atoms with Gasteiger partial charge in [-0.15, -0.1) is 0 Å². The van der Waals surface area contributed by atoms with Gasteiger partial charge in [0.2, 0.25) is 0 Å². The largest absolute Gasteiger partial charge is 0.481 e. The zero-order valence-corrected chi connectivity index (χ0v) is 10.6. The molecule has 2 fully saturated rings. The Kier molecular flexibility index (Phi) is 4.40. The number of carboxylic acid groups (broad SMARTS) is 1. The van der Waals surface area contributed by atoms with Crippen molar-refractivity contribution in [1.29, 1.82) is 0 Å². The molecule has 0 aromatic carbocycles. The molecule has 4 nitrogen and oxygen atoms in total. The first-order valence-corrected chi connectivity index (χ1v) is 6.72.